The molecule has 0 fully saturated rings. The monoisotopic (exact) mass is 219 g/mol. The zero-order chi connectivity index (χ0) is 12.3. The van der Waals surface area contributed by atoms with Crippen LogP contribution in [-0.4, -0.2) is 17.0 Å². The second-order valence-corrected chi connectivity index (χ2v) is 3.57. The van der Waals surface area contributed by atoms with Gasteiger partial charge < -0.3 is 10.8 Å². The van der Waals surface area contributed by atoms with Gasteiger partial charge in [-0.3, -0.25) is 4.79 Å². The second kappa shape index (κ2) is 4.61. The number of amides is 1. The van der Waals surface area contributed by atoms with Gasteiger partial charge in [0.2, 0.25) is 5.91 Å². The lowest BCUT2D eigenvalue weighted by molar-refractivity contribution is -0.114. The SMILES string of the molecule is CC(=Cc1ccc(C(=O)O)cc1C)C(N)=O. The summed E-state index contributed by atoms with van der Waals surface area (Å²) in [4.78, 5) is 21.6. The van der Waals surface area contributed by atoms with Crippen LogP contribution >= 0.6 is 0 Å². The number of carboxylic acids is 1. The largest absolute Gasteiger partial charge is 0.478 e. The summed E-state index contributed by atoms with van der Waals surface area (Å²) in [6.45, 7) is 3.40. The molecule has 1 aromatic rings. The van der Waals surface area contributed by atoms with E-state index in [2.05, 4.69) is 0 Å². The molecule has 0 unspecified atom stereocenters. The number of carboxylic acid groups (broad SMARTS) is 1. The Bertz CT molecular complexity index is 475. The summed E-state index contributed by atoms with van der Waals surface area (Å²) in [5, 5.41) is 8.78. The van der Waals surface area contributed by atoms with Crippen LogP contribution in [0.1, 0.15) is 28.4 Å². The minimum atomic E-state index is -0.967. The van der Waals surface area contributed by atoms with E-state index in [0.29, 0.717) is 5.57 Å². The number of aromatic carboxylic acids is 1. The van der Waals surface area contributed by atoms with Crippen molar-refractivity contribution in [3.05, 3.63) is 40.5 Å². The first-order valence-corrected chi connectivity index (χ1v) is 4.74. The molecule has 0 heterocycles. The number of nitrogens with two attached hydrogens (primary N) is 1. The number of carbonyl (C=O) groups excluding carboxylic acids is 1. The lowest BCUT2D eigenvalue weighted by Gasteiger charge is -2.03. The van der Waals surface area contributed by atoms with Crippen LogP contribution in [0.25, 0.3) is 6.08 Å². The molecule has 4 nitrogen and oxygen atoms in total. The minimum Gasteiger partial charge on any atom is -0.478 e. The molecule has 0 saturated carbocycles. The Morgan fingerprint density at radius 1 is 1.38 bits per heavy atom. The van der Waals surface area contributed by atoms with Crippen molar-refractivity contribution in [2.75, 3.05) is 0 Å². The Morgan fingerprint density at radius 2 is 2.00 bits per heavy atom. The van der Waals surface area contributed by atoms with Crippen molar-refractivity contribution in [3.63, 3.8) is 0 Å². The maximum absolute atomic E-state index is 10.8. The molecular formula is C12H13NO3. The van der Waals surface area contributed by atoms with Crippen molar-refractivity contribution < 1.29 is 14.7 Å². The van der Waals surface area contributed by atoms with Gasteiger partial charge in [0.05, 0.1) is 5.56 Å². The van der Waals surface area contributed by atoms with Gasteiger partial charge in [-0.15, -0.1) is 0 Å². The second-order valence-electron chi connectivity index (χ2n) is 3.57. The Morgan fingerprint density at radius 3 is 2.44 bits per heavy atom. The molecule has 0 aliphatic carbocycles. The van der Waals surface area contributed by atoms with Crippen LogP contribution in [0.3, 0.4) is 0 Å². The van der Waals surface area contributed by atoms with Crippen LogP contribution in [0.5, 0.6) is 0 Å². The van der Waals surface area contributed by atoms with Gasteiger partial charge in [-0.2, -0.15) is 0 Å². The fraction of sp³-hybridized carbons (Fsp3) is 0.167. The fourth-order valence-electron chi connectivity index (χ4n) is 1.28. The molecule has 16 heavy (non-hydrogen) atoms. The van der Waals surface area contributed by atoms with E-state index >= 15 is 0 Å². The molecule has 3 N–H and O–H groups in total. The molecule has 0 spiro atoms. The van der Waals surface area contributed by atoms with Gasteiger partial charge >= 0.3 is 5.97 Å². The number of carbonyl (C=O) groups is 2. The average Bonchev–Trinajstić information content (AvgIpc) is 2.20. The average molecular weight is 219 g/mol. The van der Waals surface area contributed by atoms with Gasteiger partial charge in [0.15, 0.2) is 0 Å². The first kappa shape index (κ1) is 12.0. The number of aryl methyl sites for hydroxylation is 1. The topological polar surface area (TPSA) is 80.4 Å². The van der Waals surface area contributed by atoms with Crippen LogP contribution in [-0.2, 0) is 4.79 Å². The van der Waals surface area contributed by atoms with E-state index < -0.39 is 11.9 Å². The van der Waals surface area contributed by atoms with E-state index in [1.807, 2.05) is 0 Å². The predicted octanol–water partition coefficient (Wildman–Crippen LogP) is 1.58. The van der Waals surface area contributed by atoms with Crippen LogP contribution in [0.2, 0.25) is 0 Å². The van der Waals surface area contributed by atoms with Crippen molar-refractivity contribution in [3.8, 4) is 0 Å². The molecule has 1 aromatic carbocycles. The predicted molar refractivity (Wildman–Crippen MR) is 61.0 cm³/mol. The Labute approximate surface area is 93.4 Å². The minimum absolute atomic E-state index is 0.228. The summed E-state index contributed by atoms with van der Waals surface area (Å²) in [6, 6.07) is 4.71. The van der Waals surface area contributed by atoms with Crippen molar-refractivity contribution in [2.24, 2.45) is 5.73 Å². The van der Waals surface area contributed by atoms with E-state index in [9.17, 15) is 9.59 Å². The highest BCUT2D eigenvalue weighted by molar-refractivity contribution is 5.96. The molecule has 4 heteroatoms. The first-order valence-electron chi connectivity index (χ1n) is 4.74. The number of hydrogen-bond acceptors (Lipinski definition) is 2. The number of rotatable bonds is 3. The van der Waals surface area contributed by atoms with Crippen molar-refractivity contribution in [1.82, 2.24) is 0 Å². The molecule has 0 aliphatic heterocycles. The normalized spacial score (nSPS) is 11.2. The summed E-state index contributed by atoms with van der Waals surface area (Å²) in [7, 11) is 0. The molecule has 1 rings (SSSR count). The van der Waals surface area contributed by atoms with Crippen LogP contribution in [0, 0.1) is 6.92 Å². The number of benzene rings is 1. The molecule has 0 aromatic heterocycles. The summed E-state index contributed by atoms with van der Waals surface area (Å²) in [6.07, 6.45) is 1.64. The zero-order valence-electron chi connectivity index (χ0n) is 9.15. The summed E-state index contributed by atoms with van der Waals surface area (Å²) < 4.78 is 0. The third-order valence-corrected chi connectivity index (χ3v) is 2.28. The van der Waals surface area contributed by atoms with E-state index in [1.165, 1.54) is 6.07 Å². The first-order chi connectivity index (χ1) is 7.41. The van der Waals surface area contributed by atoms with Gasteiger partial charge in [-0.1, -0.05) is 6.07 Å². The Kier molecular flexibility index (Phi) is 3.45. The van der Waals surface area contributed by atoms with Crippen LogP contribution in [0.15, 0.2) is 23.8 Å². The lowest BCUT2D eigenvalue weighted by atomic mass is 10.0. The molecule has 0 saturated heterocycles. The van der Waals surface area contributed by atoms with E-state index in [0.717, 1.165) is 11.1 Å². The molecule has 0 aliphatic rings. The third kappa shape index (κ3) is 2.70. The van der Waals surface area contributed by atoms with Crippen molar-refractivity contribution >= 4 is 18.0 Å². The van der Waals surface area contributed by atoms with Crippen molar-refractivity contribution in [2.45, 2.75) is 13.8 Å². The van der Waals surface area contributed by atoms with E-state index in [4.69, 9.17) is 10.8 Å². The fourth-order valence-corrected chi connectivity index (χ4v) is 1.28. The smallest absolute Gasteiger partial charge is 0.335 e. The zero-order valence-corrected chi connectivity index (χ0v) is 9.15. The van der Waals surface area contributed by atoms with Gasteiger partial charge in [0.1, 0.15) is 0 Å². The van der Waals surface area contributed by atoms with Gasteiger partial charge in [0.25, 0.3) is 0 Å². The van der Waals surface area contributed by atoms with E-state index in [-0.39, 0.29) is 5.56 Å². The highest BCUT2D eigenvalue weighted by atomic mass is 16.4. The highest BCUT2D eigenvalue weighted by Gasteiger charge is 2.05. The summed E-state index contributed by atoms with van der Waals surface area (Å²) in [5.74, 6) is -1.45. The van der Waals surface area contributed by atoms with Gasteiger partial charge in [-0.25, -0.2) is 4.79 Å². The molecule has 84 valence electrons. The lowest BCUT2D eigenvalue weighted by Crippen LogP contribution is -2.11. The summed E-state index contributed by atoms with van der Waals surface area (Å²) in [5.41, 5.74) is 7.36. The standard InChI is InChI=1S/C12H13NO3/c1-7-5-10(12(15)16)4-3-9(7)6-8(2)11(13)14/h3-6H,1-2H3,(H2,13,14)(H,15,16). The number of primary amides is 1. The maximum atomic E-state index is 10.8. The van der Waals surface area contributed by atoms with E-state index in [1.54, 1.807) is 32.1 Å². The third-order valence-electron chi connectivity index (χ3n) is 2.28. The molecule has 0 atom stereocenters. The van der Waals surface area contributed by atoms with Gasteiger partial charge in [0, 0.05) is 5.57 Å². The summed E-state index contributed by atoms with van der Waals surface area (Å²) >= 11 is 0. The highest BCUT2D eigenvalue weighted by Crippen LogP contribution is 2.14. The molecule has 0 radical (unpaired) electrons. The molecule has 0 bridgehead atoms. The van der Waals surface area contributed by atoms with Gasteiger partial charge in [-0.05, 0) is 43.2 Å². The maximum Gasteiger partial charge on any atom is 0.335 e. The molecule has 1 amide bonds. The Hall–Kier alpha value is -2.10. The molecular weight excluding hydrogens is 206 g/mol. The quantitative estimate of drug-likeness (QED) is 0.757. The van der Waals surface area contributed by atoms with Crippen molar-refractivity contribution in [1.29, 1.82) is 0 Å². The van der Waals surface area contributed by atoms with Crippen LogP contribution in [0.4, 0.5) is 0 Å². The number of hydrogen-bond donors (Lipinski definition) is 2. The Balaban J connectivity index is 3.14. The van der Waals surface area contributed by atoms with Crippen LogP contribution < -0.4 is 5.73 Å².